The average Bonchev–Trinajstić information content (AvgIpc) is 2.58. The third-order valence-electron chi connectivity index (χ3n) is 3.76. The molecule has 1 saturated heterocycles. The minimum absolute atomic E-state index is 0.175. The van der Waals surface area contributed by atoms with Gasteiger partial charge < -0.3 is 5.32 Å². The van der Waals surface area contributed by atoms with Crippen LogP contribution in [0.2, 0.25) is 0 Å². The average molecular weight is 276 g/mol. The summed E-state index contributed by atoms with van der Waals surface area (Å²) in [4.78, 5) is 2.46. The van der Waals surface area contributed by atoms with E-state index in [9.17, 15) is 0 Å². The van der Waals surface area contributed by atoms with Gasteiger partial charge in [0.1, 0.15) is 0 Å². The highest BCUT2D eigenvalue weighted by molar-refractivity contribution is 5.37. The van der Waals surface area contributed by atoms with Gasteiger partial charge in [-0.15, -0.1) is 0 Å². The van der Waals surface area contributed by atoms with Crippen LogP contribution in [0.3, 0.4) is 0 Å². The molecule has 0 saturated carbocycles. The summed E-state index contributed by atoms with van der Waals surface area (Å²) in [6.07, 6.45) is 0. The number of benzene rings is 2. The van der Waals surface area contributed by atoms with E-state index < -0.39 is 0 Å². The van der Waals surface area contributed by atoms with Crippen molar-refractivity contribution in [1.29, 1.82) is 0 Å². The fourth-order valence-electron chi connectivity index (χ4n) is 2.63. The van der Waals surface area contributed by atoms with E-state index in [1.807, 2.05) is 18.2 Å². The normalized spacial score (nSPS) is 16.8. The summed E-state index contributed by atoms with van der Waals surface area (Å²) in [5, 5.41) is 3.40. The Labute approximate surface area is 126 Å². The van der Waals surface area contributed by atoms with Gasteiger partial charge in [-0.05, 0) is 17.7 Å². The van der Waals surface area contributed by atoms with Crippen LogP contribution >= 0.6 is 0 Å². The monoisotopic (exact) mass is 276 g/mol. The Morgan fingerprint density at radius 2 is 1.48 bits per heavy atom. The van der Waals surface area contributed by atoms with Crippen molar-refractivity contribution in [3.05, 3.63) is 71.8 Å². The molecule has 0 radical (unpaired) electrons. The summed E-state index contributed by atoms with van der Waals surface area (Å²) in [5.74, 6) is 6.80. The van der Waals surface area contributed by atoms with E-state index in [0.717, 1.165) is 31.7 Å². The van der Waals surface area contributed by atoms with Crippen LogP contribution in [0.25, 0.3) is 0 Å². The van der Waals surface area contributed by atoms with Gasteiger partial charge in [-0.2, -0.15) is 0 Å². The highest BCUT2D eigenvalue weighted by Crippen LogP contribution is 2.20. The molecule has 1 unspecified atom stereocenters. The van der Waals surface area contributed by atoms with Crippen molar-refractivity contribution in [1.82, 2.24) is 10.2 Å². The van der Waals surface area contributed by atoms with Crippen LogP contribution in [-0.2, 0) is 0 Å². The Morgan fingerprint density at radius 3 is 2.14 bits per heavy atom. The van der Waals surface area contributed by atoms with Crippen molar-refractivity contribution in [2.24, 2.45) is 0 Å². The third kappa shape index (κ3) is 3.72. The van der Waals surface area contributed by atoms with Crippen molar-refractivity contribution < 1.29 is 0 Å². The van der Waals surface area contributed by atoms with Crippen LogP contribution in [0.1, 0.15) is 17.2 Å². The van der Waals surface area contributed by atoms with E-state index in [1.54, 1.807) is 0 Å². The molecule has 1 atom stereocenters. The molecule has 2 heteroatoms. The summed E-state index contributed by atoms with van der Waals surface area (Å²) in [7, 11) is 0. The van der Waals surface area contributed by atoms with Crippen molar-refractivity contribution in [3.63, 3.8) is 0 Å². The van der Waals surface area contributed by atoms with Crippen molar-refractivity contribution in [2.75, 3.05) is 26.2 Å². The first-order valence-corrected chi connectivity index (χ1v) is 7.50. The van der Waals surface area contributed by atoms with E-state index in [1.165, 1.54) is 5.56 Å². The van der Waals surface area contributed by atoms with E-state index in [2.05, 4.69) is 64.5 Å². The Kier molecular flexibility index (Phi) is 4.68. The van der Waals surface area contributed by atoms with Gasteiger partial charge in [-0.3, -0.25) is 4.90 Å². The number of piperazine rings is 1. The summed E-state index contributed by atoms with van der Waals surface area (Å²) in [6, 6.07) is 21.0. The molecule has 0 spiro atoms. The van der Waals surface area contributed by atoms with E-state index >= 15 is 0 Å². The van der Waals surface area contributed by atoms with Gasteiger partial charge in [-0.1, -0.05) is 60.4 Å². The molecule has 1 aliphatic heterocycles. The molecule has 1 heterocycles. The molecular formula is C19H20N2. The molecule has 2 aromatic carbocycles. The highest BCUT2D eigenvalue weighted by Gasteiger charge is 2.19. The first-order valence-electron chi connectivity index (χ1n) is 7.50. The van der Waals surface area contributed by atoms with Gasteiger partial charge in [0, 0.05) is 31.7 Å². The first-order chi connectivity index (χ1) is 10.4. The van der Waals surface area contributed by atoms with Gasteiger partial charge in [0.2, 0.25) is 0 Å². The number of hydrogen-bond acceptors (Lipinski definition) is 2. The zero-order chi connectivity index (χ0) is 14.3. The summed E-state index contributed by atoms with van der Waals surface area (Å²) in [5.41, 5.74) is 2.36. The molecule has 2 nitrogen and oxygen atoms in total. The van der Waals surface area contributed by atoms with Gasteiger partial charge in [0.05, 0.1) is 6.04 Å². The second-order valence-corrected chi connectivity index (χ2v) is 5.23. The number of rotatable bonds is 2. The van der Waals surface area contributed by atoms with Crippen molar-refractivity contribution in [2.45, 2.75) is 6.04 Å². The van der Waals surface area contributed by atoms with Crippen LogP contribution in [0.15, 0.2) is 60.7 Å². The van der Waals surface area contributed by atoms with Crippen LogP contribution < -0.4 is 5.32 Å². The zero-order valence-electron chi connectivity index (χ0n) is 12.1. The van der Waals surface area contributed by atoms with Crippen LogP contribution in [0, 0.1) is 11.8 Å². The molecule has 1 fully saturated rings. The lowest BCUT2D eigenvalue weighted by Gasteiger charge is -2.32. The highest BCUT2D eigenvalue weighted by atomic mass is 15.2. The van der Waals surface area contributed by atoms with Gasteiger partial charge in [0.15, 0.2) is 0 Å². The van der Waals surface area contributed by atoms with E-state index in [0.29, 0.717) is 0 Å². The second-order valence-electron chi connectivity index (χ2n) is 5.23. The molecule has 2 aromatic rings. The van der Waals surface area contributed by atoms with Crippen LogP contribution in [0.5, 0.6) is 0 Å². The number of hydrogen-bond donors (Lipinski definition) is 1. The van der Waals surface area contributed by atoms with Gasteiger partial charge in [0.25, 0.3) is 0 Å². The predicted molar refractivity (Wildman–Crippen MR) is 86.9 cm³/mol. The SMILES string of the molecule is C(#CC(c1ccccc1)N1CCNCC1)c1ccccc1. The molecule has 0 bridgehead atoms. The van der Waals surface area contributed by atoms with Gasteiger partial charge >= 0.3 is 0 Å². The molecular weight excluding hydrogens is 256 g/mol. The molecule has 106 valence electrons. The Bertz CT molecular complexity index is 604. The van der Waals surface area contributed by atoms with Crippen LogP contribution in [0.4, 0.5) is 0 Å². The maximum Gasteiger partial charge on any atom is 0.0975 e. The minimum Gasteiger partial charge on any atom is -0.314 e. The van der Waals surface area contributed by atoms with Gasteiger partial charge in [-0.25, -0.2) is 0 Å². The summed E-state index contributed by atoms with van der Waals surface area (Å²) < 4.78 is 0. The number of nitrogens with one attached hydrogen (secondary N) is 1. The Hall–Kier alpha value is -2.08. The zero-order valence-corrected chi connectivity index (χ0v) is 12.1. The van der Waals surface area contributed by atoms with E-state index in [4.69, 9.17) is 0 Å². The fraction of sp³-hybridized carbons (Fsp3) is 0.263. The summed E-state index contributed by atoms with van der Waals surface area (Å²) in [6.45, 7) is 4.17. The first kappa shape index (κ1) is 13.9. The summed E-state index contributed by atoms with van der Waals surface area (Å²) >= 11 is 0. The largest absolute Gasteiger partial charge is 0.314 e. The fourth-order valence-corrected chi connectivity index (χ4v) is 2.63. The Morgan fingerprint density at radius 1 is 0.857 bits per heavy atom. The lowest BCUT2D eigenvalue weighted by Crippen LogP contribution is -2.44. The van der Waals surface area contributed by atoms with Crippen molar-refractivity contribution in [3.8, 4) is 11.8 Å². The second kappa shape index (κ2) is 7.08. The predicted octanol–water partition coefficient (Wildman–Crippen LogP) is 2.68. The molecule has 1 aliphatic rings. The maximum atomic E-state index is 3.47. The molecule has 0 aromatic heterocycles. The Balaban J connectivity index is 1.87. The van der Waals surface area contributed by atoms with E-state index in [-0.39, 0.29) is 6.04 Å². The lowest BCUT2D eigenvalue weighted by atomic mass is 10.0. The quantitative estimate of drug-likeness (QED) is 0.848. The molecule has 0 aliphatic carbocycles. The standard InChI is InChI=1S/C19H20N2/c1-3-7-17(8-4-1)11-12-19(18-9-5-2-6-10-18)21-15-13-20-14-16-21/h1-10,19-20H,13-16H2. The molecule has 3 rings (SSSR count). The topological polar surface area (TPSA) is 15.3 Å². The van der Waals surface area contributed by atoms with Crippen LogP contribution in [-0.4, -0.2) is 31.1 Å². The molecule has 1 N–H and O–H groups in total. The number of nitrogens with zero attached hydrogens (tertiary/aromatic N) is 1. The molecule has 0 amide bonds. The molecule has 21 heavy (non-hydrogen) atoms. The minimum atomic E-state index is 0.175. The maximum absolute atomic E-state index is 3.47. The smallest absolute Gasteiger partial charge is 0.0975 e. The third-order valence-corrected chi connectivity index (χ3v) is 3.76. The van der Waals surface area contributed by atoms with Crippen molar-refractivity contribution >= 4 is 0 Å². The lowest BCUT2D eigenvalue weighted by molar-refractivity contribution is 0.209.